The van der Waals surface area contributed by atoms with E-state index in [4.69, 9.17) is 0 Å². The van der Waals surface area contributed by atoms with Gasteiger partial charge in [0.1, 0.15) is 0 Å². The van der Waals surface area contributed by atoms with Gasteiger partial charge in [0.25, 0.3) is 0 Å². The molecule has 0 aliphatic heterocycles. The Kier molecular flexibility index (Phi) is 4.99. The van der Waals surface area contributed by atoms with Gasteiger partial charge in [0.15, 0.2) is 0 Å². The van der Waals surface area contributed by atoms with Crippen LogP contribution in [0.3, 0.4) is 0 Å². The molecule has 0 aliphatic carbocycles. The molecule has 4 nitrogen and oxygen atoms in total. The lowest BCUT2D eigenvalue weighted by atomic mass is 10.1. The molecule has 2 rings (SSSR count). The van der Waals surface area contributed by atoms with Gasteiger partial charge < -0.3 is 5.32 Å². The normalized spacial score (nSPS) is 10.8. The first kappa shape index (κ1) is 15.3. The number of halogens is 1. The van der Waals surface area contributed by atoms with Crippen LogP contribution in [0.2, 0.25) is 0 Å². The lowest BCUT2D eigenvalue weighted by Crippen LogP contribution is -2.22. The molecule has 6 heteroatoms. The minimum absolute atomic E-state index is 0.0807. The van der Waals surface area contributed by atoms with E-state index in [0.29, 0.717) is 13.0 Å². The second-order valence-electron chi connectivity index (χ2n) is 4.76. The molecule has 0 fully saturated rings. The minimum atomic E-state index is 0.0807. The van der Waals surface area contributed by atoms with Gasteiger partial charge in [-0.2, -0.15) is 5.10 Å². The molecule has 2 aromatic rings. The molecule has 2 heterocycles. The topological polar surface area (TPSA) is 46.9 Å². The predicted molar refractivity (Wildman–Crippen MR) is 84.9 cm³/mol. The smallest absolute Gasteiger partial charge is 0.220 e. The highest BCUT2D eigenvalue weighted by Crippen LogP contribution is 2.21. The average molecular weight is 356 g/mol. The highest BCUT2D eigenvalue weighted by molar-refractivity contribution is 9.11. The van der Waals surface area contributed by atoms with Crippen LogP contribution in [0.25, 0.3) is 0 Å². The molecule has 0 saturated carbocycles. The van der Waals surface area contributed by atoms with E-state index < -0.39 is 0 Å². The summed E-state index contributed by atoms with van der Waals surface area (Å²) in [4.78, 5) is 13.0. The Morgan fingerprint density at radius 1 is 1.45 bits per heavy atom. The van der Waals surface area contributed by atoms with Gasteiger partial charge in [-0.3, -0.25) is 9.48 Å². The van der Waals surface area contributed by atoms with Crippen LogP contribution in [-0.4, -0.2) is 15.7 Å². The molecule has 0 unspecified atom stereocenters. The highest BCUT2D eigenvalue weighted by atomic mass is 79.9. The maximum atomic E-state index is 11.9. The number of hydrogen-bond donors (Lipinski definition) is 1. The Morgan fingerprint density at radius 3 is 2.75 bits per heavy atom. The van der Waals surface area contributed by atoms with Gasteiger partial charge in [-0.25, -0.2) is 0 Å². The molecular weight excluding hydrogens is 338 g/mol. The number of thiophene rings is 1. The number of aryl methyl sites for hydroxylation is 2. The average Bonchev–Trinajstić information content (AvgIpc) is 2.91. The summed E-state index contributed by atoms with van der Waals surface area (Å²) in [7, 11) is 1.93. The summed E-state index contributed by atoms with van der Waals surface area (Å²) in [6.07, 6.45) is 1.24. The molecule has 0 aliphatic rings. The number of carbonyl (C=O) groups is 1. The van der Waals surface area contributed by atoms with Gasteiger partial charge in [0.2, 0.25) is 5.91 Å². The summed E-state index contributed by atoms with van der Waals surface area (Å²) in [5.74, 6) is 0.0807. The van der Waals surface area contributed by atoms with Gasteiger partial charge in [0, 0.05) is 24.0 Å². The zero-order valence-electron chi connectivity index (χ0n) is 11.9. The van der Waals surface area contributed by atoms with Crippen molar-refractivity contribution in [2.75, 3.05) is 0 Å². The Balaban J connectivity index is 1.83. The molecule has 1 amide bonds. The summed E-state index contributed by atoms with van der Waals surface area (Å²) in [6, 6.07) is 4.01. The van der Waals surface area contributed by atoms with E-state index in [-0.39, 0.29) is 5.91 Å². The second-order valence-corrected chi connectivity index (χ2v) is 7.30. The molecule has 0 bridgehead atoms. The third kappa shape index (κ3) is 3.70. The van der Waals surface area contributed by atoms with Crippen molar-refractivity contribution in [1.82, 2.24) is 15.1 Å². The van der Waals surface area contributed by atoms with E-state index in [2.05, 4.69) is 26.3 Å². The monoisotopic (exact) mass is 355 g/mol. The van der Waals surface area contributed by atoms with Gasteiger partial charge in [0.05, 0.1) is 16.0 Å². The lowest BCUT2D eigenvalue weighted by molar-refractivity contribution is -0.121. The number of rotatable bonds is 5. The minimum Gasteiger partial charge on any atom is -0.351 e. The van der Waals surface area contributed by atoms with E-state index in [1.807, 2.05) is 37.7 Å². The highest BCUT2D eigenvalue weighted by Gasteiger charge is 2.11. The molecule has 0 spiro atoms. The van der Waals surface area contributed by atoms with Gasteiger partial charge in [-0.05, 0) is 53.9 Å². The van der Waals surface area contributed by atoms with Crippen LogP contribution in [0.15, 0.2) is 15.9 Å². The first-order valence-electron chi connectivity index (χ1n) is 6.47. The second kappa shape index (κ2) is 6.54. The van der Waals surface area contributed by atoms with Crippen LogP contribution in [0.5, 0.6) is 0 Å². The summed E-state index contributed by atoms with van der Waals surface area (Å²) in [5.41, 5.74) is 3.33. The number of nitrogens with zero attached hydrogens (tertiary/aromatic N) is 2. The number of carbonyl (C=O) groups excluding carboxylic acids is 1. The fourth-order valence-corrected chi connectivity index (χ4v) is 3.56. The molecular formula is C14H18BrN3OS. The third-order valence-corrected chi connectivity index (χ3v) is 4.97. The third-order valence-electron chi connectivity index (χ3n) is 3.35. The van der Waals surface area contributed by atoms with Crippen LogP contribution in [0.4, 0.5) is 0 Å². The first-order chi connectivity index (χ1) is 9.47. The zero-order valence-corrected chi connectivity index (χ0v) is 14.3. The van der Waals surface area contributed by atoms with Crippen LogP contribution >= 0.6 is 27.3 Å². The van der Waals surface area contributed by atoms with Crippen LogP contribution in [-0.2, 0) is 24.8 Å². The van der Waals surface area contributed by atoms with Crippen molar-refractivity contribution in [2.45, 2.75) is 33.2 Å². The number of nitrogens with one attached hydrogen (secondary N) is 1. The summed E-state index contributed by atoms with van der Waals surface area (Å²) >= 11 is 5.06. The van der Waals surface area contributed by atoms with E-state index in [1.165, 1.54) is 5.56 Å². The van der Waals surface area contributed by atoms with Crippen molar-refractivity contribution in [1.29, 1.82) is 0 Å². The SMILES string of the molecule is Cc1nn(C)c(C)c1CCC(=O)NCc1ccc(Br)s1. The first-order valence-corrected chi connectivity index (χ1v) is 8.08. The van der Waals surface area contributed by atoms with Crippen molar-refractivity contribution in [3.63, 3.8) is 0 Å². The van der Waals surface area contributed by atoms with Crippen molar-refractivity contribution in [2.24, 2.45) is 7.05 Å². The quantitative estimate of drug-likeness (QED) is 0.895. The van der Waals surface area contributed by atoms with E-state index in [0.717, 1.165) is 26.5 Å². The number of aromatic nitrogens is 2. The maximum absolute atomic E-state index is 11.9. The molecule has 0 saturated heterocycles. The van der Waals surface area contributed by atoms with Gasteiger partial charge in [-0.15, -0.1) is 11.3 Å². The van der Waals surface area contributed by atoms with Gasteiger partial charge >= 0.3 is 0 Å². The summed E-state index contributed by atoms with van der Waals surface area (Å²) < 4.78 is 2.95. The maximum Gasteiger partial charge on any atom is 0.220 e. The van der Waals surface area contributed by atoms with Crippen molar-refractivity contribution < 1.29 is 4.79 Å². The van der Waals surface area contributed by atoms with Crippen molar-refractivity contribution in [3.05, 3.63) is 37.7 Å². The zero-order chi connectivity index (χ0) is 14.7. The Hall–Kier alpha value is -1.14. The molecule has 0 aromatic carbocycles. The van der Waals surface area contributed by atoms with Gasteiger partial charge in [-0.1, -0.05) is 0 Å². The van der Waals surface area contributed by atoms with E-state index in [1.54, 1.807) is 11.3 Å². The standard InChI is InChI=1S/C14H18BrN3OS/c1-9-12(10(2)18(3)17-9)5-7-14(19)16-8-11-4-6-13(15)20-11/h4,6H,5,7-8H2,1-3H3,(H,16,19). The van der Waals surface area contributed by atoms with Crippen molar-refractivity contribution in [3.8, 4) is 0 Å². The lowest BCUT2D eigenvalue weighted by Gasteiger charge is -2.04. The fraction of sp³-hybridized carbons (Fsp3) is 0.429. The molecule has 0 radical (unpaired) electrons. The predicted octanol–water partition coefficient (Wildman–Crippen LogP) is 3.11. The largest absolute Gasteiger partial charge is 0.351 e. The molecule has 2 aromatic heterocycles. The number of amides is 1. The van der Waals surface area contributed by atoms with E-state index in [9.17, 15) is 4.79 Å². The summed E-state index contributed by atoms with van der Waals surface area (Å²) in [5, 5.41) is 7.32. The number of hydrogen-bond acceptors (Lipinski definition) is 3. The summed E-state index contributed by atoms with van der Waals surface area (Å²) in [6.45, 7) is 4.62. The Labute approximate surface area is 131 Å². The van der Waals surface area contributed by atoms with Crippen LogP contribution in [0, 0.1) is 13.8 Å². The fourth-order valence-electron chi connectivity index (χ4n) is 2.14. The molecule has 108 valence electrons. The Bertz CT molecular complexity index is 618. The molecule has 1 N–H and O–H groups in total. The molecule has 20 heavy (non-hydrogen) atoms. The van der Waals surface area contributed by atoms with E-state index >= 15 is 0 Å². The van der Waals surface area contributed by atoms with Crippen LogP contribution < -0.4 is 5.32 Å². The van der Waals surface area contributed by atoms with Crippen molar-refractivity contribution >= 4 is 33.2 Å². The molecule has 0 atom stereocenters. The van der Waals surface area contributed by atoms with Crippen LogP contribution in [0.1, 0.15) is 28.2 Å². The Morgan fingerprint density at radius 2 is 2.20 bits per heavy atom.